The second-order valence-electron chi connectivity index (χ2n) is 2.24. The number of hydrogen-bond acceptors (Lipinski definition) is 2. The molecule has 0 aliphatic heterocycles. The maximum atomic E-state index is 10.1. The third-order valence-electron chi connectivity index (χ3n) is 1.03. The summed E-state index contributed by atoms with van der Waals surface area (Å²) in [5, 5.41) is 7.57. The van der Waals surface area contributed by atoms with Crippen LogP contribution in [0.15, 0.2) is 0 Å². The zero-order valence-electron chi connectivity index (χ0n) is 7.47. The van der Waals surface area contributed by atoms with E-state index < -0.39 is 0 Å². The number of primary amides is 1. The van der Waals surface area contributed by atoms with E-state index in [-0.39, 0.29) is 12.5 Å². The van der Waals surface area contributed by atoms with Crippen LogP contribution in [0.1, 0.15) is 39.5 Å². The molecule has 0 aromatic rings. The van der Waals surface area contributed by atoms with E-state index in [1.807, 2.05) is 0 Å². The Morgan fingerprint density at radius 1 is 1.36 bits per heavy atom. The summed E-state index contributed by atoms with van der Waals surface area (Å²) in [4.78, 5) is 10.1. The minimum atomic E-state index is -0.182. The number of nitrogens with two attached hydrogens (primary N) is 1. The van der Waals surface area contributed by atoms with Gasteiger partial charge in [0.2, 0.25) is 5.91 Å². The Balaban J connectivity index is 0. The fourth-order valence-corrected chi connectivity index (χ4v) is 0.549. The van der Waals surface area contributed by atoms with Gasteiger partial charge in [-0.2, -0.15) is 0 Å². The number of unbranched alkanes of at least 4 members (excludes halogenated alkanes) is 2. The van der Waals surface area contributed by atoms with Crippen molar-refractivity contribution in [1.82, 2.24) is 0 Å². The van der Waals surface area contributed by atoms with Gasteiger partial charge in [-0.05, 0) is 13.3 Å². The van der Waals surface area contributed by atoms with Crippen LogP contribution in [0, 0.1) is 0 Å². The summed E-state index contributed by atoms with van der Waals surface area (Å²) in [7, 11) is 0. The Morgan fingerprint density at radius 3 is 2.09 bits per heavy atom. The summed E-state index contributed by atoms with van der Waals surface area (Å²) in [5.41, 5.74) is 4.89. The standard InChI is InChI=1S/C6H13NO.C2H6O/c1-2-3-4-5-6(7)8;1-2-3/h2-5H2,1H3,(H2,7,8);3H,2H2,1H3. The second kappa shape index (κ2) is 12.1. The molecule has 0 heterocycles. The Kier molecular flexibility index (Phi) is 14.4. The lowest BCUT2D eigenvalue weighted by molar-refractivity contribution is -0.118. The van der Waals surface area contributed by atoms with Crippen LogP contribution in [0.5, 0.6) is 0 Å². The van der Waals surface area contributed by atoms with E-state index in [4.69, 9.17) is 10.8 Å². The molecule has 0 aliphatic rings. The van der Waals surface area contributed by atoms with E-state index in [1.165, 1.54) is 0 Å². The van der Waals surface area contributed by atoms with Crippen LogP contribution in [0.25, 0.3) is 0 Å². The van der Waals surface area contributed by atoms with Crippen molar-refractivity contribution in [3.63, 3.8) is 0 Å². The van der Waals surface area contributed by atoms with Crippen molar-refractivity contribution < 1.29 is 9.90 Å². The molecule has 1 amide bonds. The third-order valence-corrected chi connectivity index (χ3v) is 1.03. The molecule has 0 spiro atoms. The Morgan fingerprint density at radius 2 is 1.82 bits per heavy atom. The lowest BCUT2D eigenvalue weighted by Crippen LogP contribution is -2.09. The number of aliphatic hydroxyl groups is 1. The molecule has 11 heavy (non-hydrogen) atoms. The molecule has 0 saturated carbocycles. The molecule has 0 radical (unpaired) electrons. The minimum absolute atomic E-state index is 0.182. The number of rotatable bonds is 4. The van der Waals surface area contributed by atoms with E-state index in [9.17, 15) is 4.79 Å². The molecule has 0 unspecified atom stereocenters. The Labute approximate surface area is 68.6 Å². The fraction of sp³-hybridized carbons (Fsp3) is 0.875. The zero-order valence-corrected chi connectivity index (χ0v) is 7.47. The molecule has 0 atom stereocenters. The molecule has 0 aromatic carbocycles. The average Bonchev–Trinajstić information content (AvgIpc) is 1.89. The van der Waals surface area contributed by atoms with Gasteiger partial charge in [-0.3, -0.25) is 4.79 Å². The molecular formula is C8H19NO2. The molecule has 3 heteroatoms. The highest BCUT2D eigenvalue weighted by molar-refractivity contribution is 5.73. The fourth-order valence-electron chi connectivity index (χ4n) is 0.549. The van der Waals surface area contributed by atoms with Crippen molar-refractivity contribution in [2.45, 2.75) is 39.5 Å². The number of amides is 1. The highest BCUT2D eigenvalue weighted by Crippen LogP contribution is 1.96. The van der Waals surface area contributed by atoms with Crippen molar-refractivity contribution >= 4 is 5.91 Å². The average molecular weight is 161 g/mol. The molecule has 0 fully saturated rings. The molecule has 0 aromatic heterocycles. The molecule has 0 bridgehead atoms. The van der Waals surface area contributed by atoms with Crippen LogP contribution in [-0.4, -0.2) is 17.6 Å². The largest absolute Gasteiger partial charge is 0.397 e. The van der Waals surface area contributed by atoms with Crippen LogP contribution in [-0.2, 0) is 4.79 Å². The number of carbonyl (C=O) groups is 1. The van der Waals surface area contributed by atoms with Gasteiger partial charge in [0, 0.05) is 13.0 Å². The van der Waals surface area contributed by atoms with Gasteiger partial charge in [-0.25, -0.2) is 0 Å². The summed E-state index contributed by atoms with van der Waals surface area (Å²) in [6, 6.07) is 0. The maximum absolute atomic E-state index is 10.1. The van der Waals surface area contributed by atoms with Gasteiger partial charge in [0.15, 0.2) is 0 Å². The van der Waals surface area contributed by atoms with Gasteiger partial charge in [0.25, 0.3) is 0 Å². The first-order valence-electron chi connectivity index (χ1n) is 4.08. The van der Waals surface area contributed by atoms with Crippen molar-refractivity contribution in [1.29, 1.82) is 0 Å². The smallest absolute Gasteiger partial charge is 0.217 e. The zero-order chi connectivity index (χ0) is 9.11. The summed E-state index contributed by atoms with van der Waals surface area (Å²) in [6.07, 6.45) is 3.76. The Bertz CT molecular complexity index is 84.2. The molecule has 68 valence electrons. The third kappa shape index (κ3) is 26.5. The van der Waals surface area contributed by atoms with E-state index in [0.29, 0.717) is 6.42 Å². The second-order valence-corrected chi connectivity index (χ2v) is 2.24. The molecular weight excluding hydrogens is 142 g/mol. The van der Waals surface area contributed by atoms with Crippen molar-refractivity contribution in [3.8, 4) is 0 Å². The van der Waals surface area contributed by atoms with Gasteiger partial charge in [-0.1, -0.05) is 19.8 Å². The lowest BCUT2D eigenvalue weighted by Gasteiger charge is -1.90. The van der Waals surface area contributed by atoms with Crippen LogP contribution >= 0.6 is 0 Å². The number of hydrogen-bond donors (Lipinski definition) is 2. The summed E-state index contributed by atoms with van der Waals surface area (Å²) in [6.45, 7) is 4.03. The molecule has 3 nitrogen and oxygen atoms in total. The van der Waals surface area contributed by atoms with Crippen LogP contribution in [0.2, 0.25) is 0 Å². The van der Waals surface area contributed by atoms with Gasteiger partial charge in [0.05, 0.1) is 0 Å². The normalized spacial score (nSPS) is 8.27. The number of aliphatic hydroxyl groups excluding tert-OH is 1. The van der Waals surface area contributed by atoms with Crippen molar-refractivity contribution in [2.24, 2.45) is 5.73 Å². The monoisotopic (exact) mass is 161 g/mol. The van der Waals surface area contributed by atoms with E-state index in [2.05, 4.69) is 6.92 Å². The summed E-state index contributed by atoms with van der Waals surface area (Å²) >= 11 is 0. The first kappa shape index (κ1) is 13.1. The number of carbonyl (C=O) groups excluding carboxylic acids is 1. The van der Waals surface area contributed by atoms with Crippen LogP contribution in [0.3, 0.4) is 0 Å². The molecule has 0 rings (SSSR count). The highest BCUT2D eigenvalue weighted by atomic mass is 16.2. The van der Waals surface area contributed by atoms with Gasteiger partial charge < -0.3 is 10.8 Å². The van der Waals surface area contributed by atoms with E-state index in [0.717, 1.165) is 19.3 Å². The topological polar surface area (TPSA) is 63.3 Å². The summed E-state index contributed by atoms with van der Waals surface area (Å²) in [5.74, 6) is -0.182. The molecule has 0 aliphatic carbocycles. The van der Waals surface area contributed by atoms with Gasteiger partial charge >= 0.3 is 0 Å². The van der Waals surface area contributed by atoms with Crippen molar-refractivity contribution in [2.75, 3.05) is 6.61 Å². The van der Waals surface area contributed by atoms with Gasteiger partial charge in [0.1, 0.15) is 0 Å². The first-order chi connectivity index (χ1) is 5.18. The molecule has 0 saturated heterocycles. The van der Waals surface area contributed by atoms with E-state index in [1.54, 1.807) is 6.92 Å². The molecule has 3 N–H and O–H groups in total. The van der Waals surface area contributed by atoms with E-state index >= 15 is 0 Å². The predicted octanol–water partition coefficient (Wildman–Crippen LogP) is 1.05. The first-order valence-corrected chi connectivity index (χ1v) is 4.08. The highest BCUT2D eigenvalue weighted by Gasteiger charge is 1.90. The maximum Gasteiger partial charge on any atom is 0.217 e. The van der Waals surface area contributed by atoms with Crippen LogP contribution < -0.4 is 5.73 Å². The lowest BCUT2D eigenvalue weighted by atomic mass is 10.2. The quantitative estimate of drug-likeness (QED) is 0.605. The van der Waals surface area contributed by atoms with Crippen LogP contribution in [0.4, 0.5) is 0 Å². The predicted molar refractivity (Wildman–Crippen MR) is 46.1 cm³/mol. The van der Waals surface area contributed by atoms with Gasteiger partial charge in [-0.15, -0.1) is 0 Å². The summed E-state index contributed by atoms with van der Waals surface area (Å²) < 4.78 is 0. The Hall–Kier alpha value is -0.570. The van der Waals surface area contributed by atoms with Crippen molar-refractivity contribution in [3.05, 3.63) is 0 Å². The minimum Gasteiger partial charge on any atom is -0.397 e. The SMILES string of the molecule is CCCCCC(N)=O.CCO.